The molecule has 23 heavy (non-hydrogen) atoms. The largest absolute Gasteiger partial charge is 0.507 e. The van der Waals surface area contributed by atoms with Gasteiger partial charge in [0.1, 0.15) is 17.1 Å². The zero-order valence-electron chi connectivity index (χ0n) is 11.4. The number of aromatic carboxylic acids is 1. The van der Waals surface area contributed by atoms with E-state index in [0.717, 1.165) is 11.8 Å². The van der Waals surface area contributed by atoms with E-state index in [1.54, 1.807) is 18.2 Å². The Bertz CT molecular complexity index is 842. The summed E-state index contributed by atoms with van der Waals surface area (Å²) in [6.45, 7) is 0. The lowest BCUT2D eigenvalue weighted by atomic mass is 10.1. The van der Waals surface area contributed by atoms with E-state index in [1.165, 1.54) is 29.4 Å². The molecule has 0 unspecified atom stereocenters. The minimum Gasteiger partial charge on any atom is -0.507 e. The van der Waals surface area contributed by atoms with Crippen molar-refractivity contribution >= 4 is 51.9 Å². The molecule has 1 amide bonds. The number of carbonyl (C=O) groups is 2. The molecule has 116 valence electrons. The number of anilines is 1. The minimum absolute atomic E-state index is 0.273. The van der Waals surface area contributed by atoms with Crippen molar-refractivity contribution in [2.24, 2.45) is 0 Å². The van der Waals surface area contributed by atoms with Crippen molar-refractivity contribution < 1.29 is 24.2 Å². The molecule has 1 fully saturated rings. The number of furan rings is 1. The molecule has 1 aromatic heterocycles. The molecular formula is C15H9NO5S2. The fourth-order valence-corrected chi connectivity index (χ4v) is 3.31. The molecule has 2 N–H and O–H groups in total. The standard InChI is InChI=1S/C15H9NO5S2/c17-11-4-3-8(6-10(11)14(19)20)16-13(18)12(23-15(16)22)7-9-2-1-5-21-9/h1-7,17H,(H,19,20)/b12-7-. The van der Waals surface area contributed by atoms with Crippen LogP contribution in [0.1, 0.15) is 16.1 Å². The number of phenols is 1. The van der Waals surface area contributed by atoms with Crippen LogP contribution in [-0.2, 0) is 4.79 Å². The van der Waals surface area contributed by atoms with Crippen LogP contribution >= 0.6 is 24.0 Å². The van der Waals surface area contributed by atoms with E-state index in [4.69, 9.17) is 21.7 Å². The maximum atomic E-state index is 12.5. The molecule has 0 saturated carbocycles. The second kappa shape index (κ2) is 5.90. The van der Waals surface area contributed by atoms with Crippen molar-refractivity contribution in [3.05, 3.63) is 52.8 Å². The Kier molecular flexibility index (Phi) is 3.93. The van der Waals surface area contributed by atoms with Gasteiger partial charge in [0.25, 0.3) is 5.91 Å². The minimum atomic E-state index is -1.29. The van der Waals surface area contributed by atoms with Gasteiger partial charge in [-0.25, -0.2) is 4.79 Å². The summed E-state index contributed by atoms with van der Waals surface area (Å²) in [7, 11) is 0. The average Bonchev–Trinajstić information content (AvgIpc) is 3.09. The Hall–Kier alpha value is -2.58. The number of carbonyl (C=O) groups excluding carboxylic acids is 1. The fraction of sp³-hybridized carbons (Fsp3) is 0. The number of amides is 1. The van der Waals surface area contributed by atoms with Crippen LogP contribution in [0, 0.1) is 0 Å². The van der Waals surface area contributed by atoms with Crippen LogP contribution in [0.2, 0.25) is 0 Å². The van der Waals surface area contributed by atoms with Crippen molar-refractivity contribution in [1.82, 2.24) is 0 Å². The quantitative estimate of drug-likeness (QED) is 0.651. The van der Waals surface area contributed by atoms with E-state index in [9.17, 15) is 14.7 Å². The van der Waals surface area contributed by atoms with Gasteiger partial charge in [0, 0.05) is 6.08 Å². The van der Waals surface area contributed by atoms with E-state index in [2.05, 4.69) is 0 Å². The summed E-state index contributed by atoms with van der Waals surface area (Å²) in [5.41, 5.74) is -0.0166. The number of thioether (sulfide) groups is 1. The number of thiocarbonyl (C=S) groups is 1. The molecule has 1 aliphatic heterocycles. The molecule has 1 aromatic carbocycles. The SMILES string of the molecule is O=C(O)c1cc(N2C(=O)/C(=C/c3ccco3)SC2=S)ccc1O. The van der Waals surface area contributed by atoms with E-state index in [-0.39, 0.29) is 27.2 Å². The maximum absolute atomic E-state index is 12.5. The third-order valence-corrected chi connectivity index (χ3v) is 4.38. The van der Waals surface area contributed by atoms with E-state index in [1.807, 2.05) is 0 Å². The van der Waals surface area contributed by atoms with Crippen LogP contribution in [0.3, 0.4) is 0 Å². The predicted octanol–water partition coefficient (Wildman–Crippen LogP) is 3.09. The maximum Gasteiger partial charge on any atom is 0.339 e. The fourth-order valence-electron chi connectivity index (χ4n) is 2.03. The second-order valence-electron chi connectivity index (χ2n) is 4.54. The van der Waals surface area contributed by atoms with Crippen LogP contribution in [0.25, 0.3) is 6.08 Å². The average molecular weight is 347 g/mol. The molecule has 0 bridgehead atoms. The molecule has 8 heteroatoms. The molecule has 0 radical (unpaired) electrons. The number of hydrogen-bond acceptors (Lipinski definition) is 6. The zero-order valence-corrected chi connectivity index (χ0v) is 13.1. The Balaban J connectivity index is 1.98. The van der Waals surface area contributed by atoms with Gasteiger partial charge < -0.3 is 14.6 Å². The van der Waals surface area contributed by atoms with Crippen LogP contribution < -0.4 is 4.90 Å². The monoisotopic (exact) mass is 347 g/mol. The van der Waals surface area contributed by atoms with Gasteiger partial charge in [-0.3, -0.25) is 9.69 Å². The highest BCUT2D eigenvalue weighted by Crippen LogP contribution is 2.37. The summed E-state index contributed by atoms with van der Waals surface area (Å²) in [5, 5.41) is 18.6. The molecule has 0 aliphatic carbocycles. The first kappa shape index (κ1) is 15.3. The Morgan fingerprint density at radius 3 is 2.78 bits per heavy atom. The summed E-state index contributed by atoms with van der Waals surface area (Å²) >= 11 is 6.29. The van der Waals surface area contributed by atoms with Crippen molar-refractivity contribution in [3.8, 4) is 5.75 Å². The molecule has 1 saturated heterocycles. The number of nitrogens with zero attached hydrogens (tertiary/aromatic N) is 1. The van der Waals surface area contributed by atoms with Gasteiger partial charge in [0.05, 0.1) is 16.9 Å². The summed E-state index contributed by atoms with van der Waals surface area (Å²) in [6.07, 6.45) is 3.06. The number of carboxylic acids is 1. The third-order valence-electron chi connectivity index (χ3n) is 3.08. The van der Waals surface area contributed by atoms with Gasteiger partial charge in [-0.15, -0.1) is 0 Å². The first-order chi connectivity index (χ1) is 11.0. The molecular weight excluding hydrogens is 338 g/mol. The number of carboxylic acid groups (broad SMARTS) is 1. The van der Waals surface area contributed by atoms with Gasteiger partial charge in [-0.05, 0) is 30.3 Å². The first-order valence-electron chi connectivity index (χ1n) is 6.35. The third kappa shape index (κ3) is 2.86. The van der Waals surface area contributed by atoms with E-state index >= 15 is 0 Å². The van der Waals surface area contributed by atoms with E-state index < -0.39 is 5.97 Å². The second-order valence-corrected chi connectivity index (χ2v) is 6.21. The zero-order chi connectivity index (χ0) is 16.6. The number of benzene rings is 1. The van der Waals surface area contributed by atoms with Crippen LogP contribution in [0.5, 0.6) is 5.75 Å². The highest BCUT2D eigenvalue weighted by Gasteiger charge is 2.34. The number of hydrogen-bond donors (Lipinski definition) is 2. The molecule has 0 atom stereocenters. The Morgan fingerprint density at radius 1 is 1.35 bits per heavy atom. The molecule has 6 nitrogen and oxygen atoms in total. The normalized spacial score (nSPS) is 16.3. The molecule has 1 aliphatic rings. The lowest BCUT2D eigenvalue weighted by Crippen LogP contribution is -2.27. The van der Waals surface area contributed by atoms with Crippen LogP contribution in [0.15, 0.2) is 45.9 Å². The van der Waals surface area contributed by atoms with Crippen molar-refractivity contribution in [3.63, 3.8) is 0 Å². The topological polar surface area (TPSA) is 91.0 Å². The first-order valence-corrected chi connectivity index (χ1v) is 7.57. The van der Waals surface area contributed by atoms with Gasteiger partial charge in [0.15, 0.2) is 4.32 Å². The number of aromatic hydroxyl groups is 1. The summed E-state index contributed by atoms with van der Waals surface area (Å²) in [6, 6.07) is 7.26. The van der Waals surface area contributed by atoms with Gasteiger partial charge >= 0.3 is 5.97 Å². The summed E-state index contributed by atoms with van der Waals surface area (Å²) in [5.74, 6) is -1.53. The molecule has 2 heterocycles. The number of rotatable bonds is 3. The van der Waals surface area contributed by atoms with E-state index in [0.29, 0.717) is 10.7 Å². The summed E-state index contributed by atoms with van der Waals surface area (Å²) < 4.78 is 5.44. The van der Waals surface area contributed by atoms with Crippen molar-refractivity contribution in [2.75, 3.05) is 4.90 Å². The summed E-state index contributed by atoms with van der Waals surface area (Å²) in [4.78, 5) is 25.2. The van der Waals surface area contributed by atoms with Crippen molar-refractivity contribution in [2.45, 2.75) is 0 Å². The molecule has 3 rings (SSSR count). The smallest absolute Gasteiger partial charge is 0.339 e. The molecule has 2 aromatic rings. The van der Waals surface area contributed by atoms with Crippen molar-refractivity contribution in [1.29, 1.82) is 0 Å². The highest BCUT2D eigenvalue weighted by atomic mass is 32.2. The van der Waals surface area contributed by atoms with Gasteiger partial charge in [-0.1, -0.05) is 24.0 Å². The van der Waals surface area contributed by atoms with Gasteiger partial charge in [-0.2, -0.15) is 0 Å². The lowest BCUT2D eigenvalue weighted by Gasteiger charge is -2.15. The highest BCUT2D eigenvalue weighted by molar-refractivity contribution is 8.27. The molecule has 0 spiro atoms. The van der Waals surface area contributed by atoms with Gasteiger partial charge in [0.2, 0.25) is 0 Å². The lowest BCUT2D eigenvalue weighted by molar-refractivity contribution is -0.113. The Labute approximate surface area is 140 Å². The van der Waals surface area contributed by atoms with Crippen LogP contribution in [-0.4, -0.2) is 26.4 Å². The Morgan fingerprint density at radius 2 is 2.13 bits per heavy atom. The van der Waals surface area contributed by atoms with Crippen LogP contribution in [0.4, 0.5) is 5.69 Å². The predicted molar refractivity (Wildman–Crippen MR) is 89.4 cm³/mol.